The van der Waals surface area contributed by atoms with E-state index in [1.807, 2.05) is 0 Å². The molecule has 16 heavy (non-hydrogen) atoms. The van der Waals surface area contributed by atoms with E-state index in [9.17, 15) is 0 Å². The molecular weight excluding hydrogens is 234 g/mol. The first kappa shape index (κ1) is 13.1. The van der Waals surface area contributed by atoms with E-state index in [2.05, 4.69) is 42.7 Å². The Morgan fingerprint density at radius 1 is 1.12 bits per heavy atom. The third-order valence-corrected chi connectivity index (χ3v) is 6.22. The van der Waals surface area contributed by atoms with Crippen LogP contribution in [-0.2, 0) is 0 Å². The topological polar surface area (TPSA) is 12.0 Å². The van der Waals surface area contributed by atoms with Crippen LogP contribution < -0.4 is 5.32 Å². The van der Waals surface area contributed by atoms with Crippen LogP contribution in [0.2, 0.25) is 0 Å². The maximum absolute atomic E-state index is 3.85. The minimum atomic E-state index is 0.509. The predicted molar refractivity (Wildman–Crippen MR) is 77.6 cm³/mol. The van der Waals surface area contributed by atoms with E-state index < -0.39 is 0 Å². The van der Waals surface area contributed by atoms with Crippen molar-refractivity contribution < 1.29 is 0 Å². The Labute approximate surface area is 109 Å². The zero-order chi connectivity index (χ0) is 11.4. The van der Waals surface area contributed by atoms with Crippen LogP contribution in [0.4, 0.5) is 0 Å². The van der Waals surface area contributed by atoms with Gasteiger partial charge in [0, 0.05) is 11.8 Å². The molecule has 0 aliphatic carbocycles. The molecule has 2 rings (SSSR count). The molecule has 2 fully saturated rings. The van der Waals surface area contributed by atoms with Crippen molar-refractivity contribution in [1.82, 2.24) is 5.32 Å². The highest BCUT2D eigenvalue weighted by molar-refractivity contribution is 7.99. The average molecular weight is 259 g/mol. The zero-order valence-electron chi connectivity index (χ0n) is 10.6. The van der Waals surface area contributed by atoms with E-state index in [0.29, 0.717) is 5.41 Å². The van der Waals surface area contributed by atoms with Crippen LogP contribution in [0, 0.1) is 11.3 Å². The normalized spacial score (nSPS) is 31.5. The zero-order valence-corrected chi connectivity index (χ0v) is 12.3. The van der Waals surface area contributed by atoms with Crippen LogP contribution >= 0.6 is 23.5 Å². The summed E-state index contributed by atoms with van der Waals surface area (Å²) in [5.41, 5.74) is 0.509. The van der Waals surface area contributed by atoms with E-state index in [1.165, 1.54) is 48.8 Å². The SMILES string of the molecule is CC1(C)CCSCC1NCC1CCSCC1. The molecule has 2 heterocycles. The molecular formula is C13H25NS2. The summed E-state index contributed by atoms with van der Waals surface area (Å²) in [6.45, 7) is 6.12. The van der Waals surface area contributed by atoms with Crippen LogP contribution in [0.3, 0.4) is 0 Å². The maximum Gasteiger partial charge on any atom is 0.0209 e. The number of hydrogen-bond donors (Lipinski definition) is 1. The van der Waals surface area contributed by atoms with Gasteiger partial charge in [0.05, 0.1) is 0 Å². The number of nitrogens with one attached hydrogen (secondary N) is 1. The fourth-order valence-electron chi connectivity index (χ4n) is 2.53. The molecule has 0 saturated carbocycles. The first-order valence-electron chi connectivity index (χ1n) is 6.57. The largest absolute Gasteiger partial charge is 0.312 e. The molecule has 1 unspecified atom stereocenters. The van der Waals surface area contributed by atoms with Crippen LogP contribution in [-0.4, -0.2) is 35.6 Å². The fourth-order valence-corrected chi connectivity index (χ4v) is 5.38. The molecule has 0 aromatic heterocycles. The summed E-state index contributed by atoms with van der Waals surface area (Å²) in [7, 11) is 0. The lowest BCUT2D eigenvalue weighted by molar-refractivity contribution is 0.235. The lowest BCUT2D eigenvalue weighted by Gasteiger charge is -2.39. The molecule has 0 amide bonds. The summed E-state index contributed by atoms with van der Waals surface area (Å²) in [5.74, 6) is 6.38. The summed E-state index contributed by atoms with van der Waals surface area (Å²) in [6.07, 6.45) is 4.23. The van der Waals surface area contributed by atoms with Gasteiger partial charge in [0.1, 0.15) is 0 Å². The second-order valence-electron chi connectivity index (χ2n) is 5.83. The highest BCUT2D eigenvalue weighted by atomic mass is 32.2. The van der Waals surface area contributed by atoms with E-state index in [0.717, 1.165) is 12.0 Å². The Hall–Kier alpha value is 0.660. The summed E-state index contributed by atoms with van der Waals surface area (Å²) >= 11 is 4.25. The summed E-state index contributed by atoms with van der Waals surface area (Å²) < 4.78 is 0. The molecule has 94 valence electrons. The molecule has 1 atom stereocenters. The Balaban J connectivity index is 1.75. The molecule has 1 N–H and O–H groups in total. The molecule has 1 nitrogen and oxygen atoms in total. The second-order valence-corrected chi connectivity index (χ2v) is 8.20. The van der Waals surface area contributed by atoms with Gasteiger partial charge in [0.25, 0.3) is 0 Å². The minimum absolute atomic E-state index is 0.509. The van der Waals surface area contributed by atoms with E-state index in [-0.39, 0.29) is 0 Å². The molecule has 3 heteroatoms. The first-order valence-corrected chi connectivity index (χ1v) is 8.88. The van der Waals surface area contributed by atoms with Gasteiger partial charge in [-0.3, -0.25) is 0 Å². The highest BCUT2D eigenvalue weighted by Crippen LogP contribution is 2.34. The fraction of sp³-hybridized carbons (Fsp3) is 1.00. The molecule has 0 bridgehead atoms. The summed E-state index contributed by atoms with van der Waals surface area (Å²) in [6, 6.07) is 0.737. The lowest BCUT2D eigenvalue weighted by atomic mass is 9.82. The number of hydrogen-bond acceptors (Lipinski definition) is 3. The standard InChI is InChI=1S/C13H25NS2/c1-13(2)5-8-16-10-12(13)14-9-11-3-6-15-7-4-11/h11-12,14H,3-10H2,1-2H3. The van der Waals surface area contributed by atoms with Crippen molar-refractivity contribution in [2.45, 2.75) is 39.2 Å². The van der Waals surface area contributed by atoms with Gasteiger partial charge in [-0.2, -0.15) is 23.5 Å². The van der Waals surface area contributed by atoms with Crippen LogP contribution in [0.5, 0.6) is 0 Å². The predicted octanol–water partition coefficient (Wildman–Crippen LogP) is 3.25. The van der Waals surface area contributed by atoms with Gasteiger partial charge in [-0.1, -0.05) is 13.8 Å². The van der Waals surface area contributed by atoms with Gasteiger partial charge in [0.15, 0.2) is 0 Å². The van der Waals surface area contributed by atoms with Gasteiger partial charge in [-0.15, -0.1) is 0 Å². The van der Waals surface area contributed by atoms with Crippen LogP contribution in [0.25, 0.3) is 0 Å². The average Bonchev–Trinajstić information content (AvgIpc) is 2.28. The molecule has 2 saturated heterocycles. The van der Waals surface area contributed by atoms with Crippen LogP contribution in [0.15, 0.2) is 0 Å². The smallest absolute Gasteiger partial charge is 0.0209 e. The van der Waals surface area contributed by atoms with Crippen molar-refractivity contribution in [3.63, 3.8) is 0 Å². The molecule has 0 aromatic carbocycles. The van der Waals surface area contributed by atoms with E-state index in [1.54, 1.807) is 0 Å². The quantitative estimate of drug-likeness (QED) is 0.835. The van der Waals surface area contributed by atoms with Gasteiger partial charge >= 0.3 is 0 Å². The summed E-state index contributed by atoms with van der Waals surface area (Å²) in [5, 5.41) is 3.85. The van der Waals surface area contributed by atoms with Crippen molar-refractivity contribution in [2.24, 2.45) is 11.3 Å². The lowest BCUT2D eigenvalue weighted by Crippen LogP contribution is -2.48. The number of rotatable bonds is 3. The van der Waals surface area contributed by atoms with Crippen LogP contribution in [0.1, 0.15) is 33.1 Å². The molecule has 0 spiro atoms. The first-order chi connectivity index (χ1) is 7.68. The van der Waals surface area contributed by atoms with Crippen molar-refractivity contribution >= 4 is 23.5 Å². The number of thioether (sulfide) groups is 2. The van der Waals surface area contributed by atoms with E-state index in [4.69, 9.17) is 0 Å². The maximum atomic E-state index is 3.85. The van der Waals surface area contributed by atoms with Gasteiger partial charge < -0.3 is 5.32 Å². The van der Waals surface area contributed by atoms with Crippen molar-refractivity contribution in [3.8, 4) is 0 Å². The Bertz CT molecular complexity index is 212. The molecule has 2 aliphatic heterocycles. The van der Waals surface area contributed by atoms with Crippen molar-refractivity contribution in [1.29, 1.82) is 0 Å². The molecule has 2 aliphatic rings. The van der Waals surface area contributed by atoms with Crippen molar-refractivity contribution in [2.75, 3.05) is 29.6 Å². The third-order valence-electron chi connectivity index (χ3n) is 4.11. The monoisotopic (exact) mass is 259 g/mol. The second kappa shape index (κ2) is 6.01. The molecule has 0 radical (unpaired) electrons. The third kappa shape index (κ3) is 3.58. The van der Waals surface area contributed by atoms with Gasteiger partial charge in [-0.05, 0) is 54.4 Å². The van der Waals surface area contributed by atoms with Gasteiger partial charge in [0.2, 0.25) is 0 Å². The Morgan fingerprint density at radius 3 is 2.56 bits per heavy atom. The minimum Gasteiger partial charge on any atom is -0.312 e. The van der Waals surface area contributed by atoms with Gasteiger partial charge in [-0.25, -0.2) is 0 Å². The highest BCUT2D eigenvalue weighted by Gasteiger charge is 2.32. The van der Waals surface area contributed by atoms with E-state index >= 15 is 0 Å². The Kier molecular flexibility index (Phi) is 4.92. The summed E-state index contributed by atoms with van der Waals surface area (Å²) in [4.78, 5) is 0. The van der Waals surface area contributed by atoms with Crippen molar-refractivity contribution in [3.05, 3.63) is 0 Å². The Morgan fingerprint density at radius 2 is 1.88 bits per heavy atom. The molecule has 0 aromatic rings.